The van der Waals surface area contributed by atoms with Gasteiger partial charge in [0.1, 0.15) is 0 Å². The van der Waals surface area contributed by atoms with Gasteiger partial charge in [0.05, 0.1) is 16.8 Å². The summed E-state index contributed by atoms with van der Waals surface area (Å²) in [6, 6.07) is 14.4. The summed E-state index contributed by atoms with van der Waals surface area (Å²) in [6.45, 7) is 1.11. The molecule has 2 amide bonds. The third-order valence-electron chi connectivity index (χ3n) is 3.58. The standard InChI is InChI=1S/C19H22N2O3S/c1-24-13-7-12-20-18(22)14-8-3-5-10-16(14)21-19(23)15-9-4-6-11-17(15)25-2/h3-6,8-11H,7,12-13H2,1-2H3,(H,20,22)(H,21,23). The van der Waals surface area contributed by atoms with E-state index in [0.717, 1.165) is 11.3 Å². The molecule has 0 bridgehead atoms. The van der Waals surface area contributed by atoms with Crippen LogP contribution in [0.5, 0.6) is 0 Å². The first-order chi connectivity index (χ1) is 12.2. The third-order valence-corrected chi connectivity index (χ3v) is 4.38. The lowest BCUT2D eigenvalue weighted by Gasteiger charge is -2.12. The maximum atomic E-state index is 12.6. The minimum absolute atomic E-state index is 0.217. The zero-order chi connectivity index (χ0) is 18.1. The van der Waals surface area contributed by atoms with Crippen molar-refractivity contribution >= 4 is 29.3 Å². The Morgan fingerprint density at radius 2 is 1.68 bits per heavy atom. The Morgan fingerprint density at radius 3 is 2.40 bits per heavy atom. The van der Waals surface area contributed by atoms with E-state index < -0.39 is 0 Å². The Morgan fingerprint density at radius 1 is 1.00 bits per heavy atom. The Bertz CT molecular complexity index is 734. The van der Waals surface area contributed by atoms with Gasteiger partial charge in [-0.25, -0.2) is 0 Å². The van der Waals surface area contributed by atoms with Crippen molar-refractivity contribution < 1.29 is 14.3 Å². The lowest BCUT2D eigenvalue weighted by atomic mass is 10.1. The SMILES string of the molecule is COCCCNC(=O)c1ccccc1NC(=O)c1ccccc1SC. The number of carbonyl (C=O) groups is 2. The number of hydrogen-bond donors (Lipinski definition) is 2. The molecule has 0 saturated heterocycles. The van der Waals surface area contributed by atoms with E-state index >= 15 is 0 Å². The Labute approximate surface area is 152 Å². The number of thioether (sulfide) groups is 1. The summed E-state index contributed by atoms with van der Waals surface area (Å²) in [5, 5.41) is 5.68. The fourth-order valence-electron chi connectivity index (χ4n) is 2.33. The fourth-order valence-corrected chi connectivity index (χ4v) is 2.92. The molecule has 25 heavy (non-hydrogen) atoms. The second kappa shape index (κ2) is 9.86. The Hall–Kier alpha value is -2.31. The van der Waals surface area contributed by atoms with E-state index in [2.05, 4.69) is 10.6 Å². The van der Waals surface area contributed by atoms with E-state index in [4.69, 9.17) is 4.74 Å². The number of para-hydroxylation sites is 1. The topological polar surface area (TPSA) is 67.4 Å². The largest absolute Gasteiger partial charge is 0.385 e. The van der Waals surface area contributed by atoms with Crippen LogP contribution in [-0.2, 0) is 4.74 Å². The van der Waals surface area contributed by atoms with Gasteiger partial charge in [-0.3, -0.25) is 9.59 Å². The molecule has 0 aliphatic rings. The molecule has 6 heteroatoms. The molecular weight excluding hydrogens is 336 g/mol. The van der Waals surface area contributed by atoms with Crippen molar-refractivity contribution in [2.75, 3.05) is 31.8 Å². The van der Waals surface area contributed by atoms with Crippen molar-refractivity contribution in [1.82, 2.24) is 5.32 Å². The molecule has 2 rings (SSSR count). The predicted molar refractivity (Wildman–Crippen MR) is 101 cm³/mol. The first-order valence-electron chi connectivity index (χ1n) is 7.98. The number of nitrogens with one attached hydrogen (secondary N) is 2. The smallest absolute Gasteiger partial charge is 0.256 e. The monoisotopic (exact) mass is 358 g/mol. The molecule has 2 N–H and O–H groups in total. The number of ether oxygens (including phenoxy) is 1. The minimum Gasteiger partial charge on any atom is -0.385 e. The van der Waals surface area contributed by atoms with E-state index in [9.17, 15) is 9.59 Å². The van der Waals surface area contributed by atoms with Crippen LogP contribution in [0.1, 0.15) is 27.1 Å². The van der Waals surface area contributed by atoms with Gasteiger partial charge < -0.3 is 15.4 Å². The molecular formula is C19H22N2O3S. The second-order valence-electron chi connectivity index (χ2n) is 5.30. The van der Waals surface area contributed by atoms with Crippen LogP contribution in [0.2, 0.25) is 0 Å². The minimum atomic E-state index is -0.232. The molecule has 2 aromatic rings. The van der Waals surface area contributed by atoms with Crippen LogP contribution >= 0.6 is 11.8 Å². The summed E-state index contributed by atoms with van der Waals surface area (Å²) >= 11 is 1.51. The molecule has 0 aromatic heterocycles. The fraction of sp³-hybridized carbons (Fsp3) is 0.263. The van der Waals surface area contributed by atoms with Crippen LogP contribution in [0.25, 0.3) is 0 Å². The van der Waals surface area contributed by atoms with Gasteiger partial charge in [0.2, 0.25) is 0 Å². The number of benzene rings is 2. The van der Waals surface area contributed by atoms with Gasteiger partial charge in [-0.2, -0.15) is 0 Å². The number of amides is 2. The van der Waals surface area contributed by atoms with E-state index in [-0.39, 0.29) is 11.8 Å². The number of carbonyl (C=O) groups excluding carboxylic acids is 2. The molecule has 0 saturated carbocycles. The van der Waals surface area contributed by atoms with E-state index in [1.807, 2.05) is 24.5 Å². The Balaban J connectivity index is 2.12. The molecule has 132 valence electrons. The molecule has 0 unspecified atom stereocenters. The van der Waals surface area contributed by atoms with Gasteiger partial charge in [0.15, 0.2) is 0 Å². The number of rotatable bonds is 8. The highest BCUT2D eigenvalue weighted by Crippen LogP contribution is 2.22. The number of anilines is 1. The van der Waals surface area contributed by atoms with Crippen molar-refractivity contribution in [3.05, 3.63) is 59.7 Å². The maximum absolute atomic E-state index is 12.6. The van der Waals surface area contributed by atoms with Crippen molar-refractivity contribution in [3.8, 4) is 0 Å². The van der Waals surface area contributed by atoms with Crippen molar-refractivity contribution in [2.24, 2.45) is 0 Å². The van der Waals surface area contributed by atoms with Crippen LogP contribution in [0, 0.1) is 0 Å². The summed E-state index contributed by atoms with van der Waals surface area (Å²) in [6.07, 6.45) is 2.66. The van der Waals surface area contributed by atoms with E-state index in [1.54, 1.807) is 37.4 Å². The van der Waals surface area contributed by atoms with Crippen LogP contribution < -0.4 is 10.6 Å². The van der Waals surface area contributed by atoms with Crippen molar-refractivity contribution in [1.29, 1.82) is 0 Å². The van der Waals surface area contributed by atoms with Gasteiger partial charge in [-0.1, -0.05) is 24.3 Å². The summed E-state index contributed by atoms with van der Waals surface area (Å²) in [5.41, 5.74) is 1.52. The lowest BCUT2D eigenvalue weighted by molar-refractivity contribution is 0.0949. The van der Waals surface area contributed by atoms with Crippen LogP contribution in [-0.4, -0.2) is 38.3 Å². The van der Waals surface area contributed by atoms with Crippen molar-refractivity contribution in [3.63, 3.8) is 0 Å². The summed E-state index contributed by atoms with van der Waals surface area (Å²) in [4.78, 5) is 25.8. The van der Waals surface area contributed by atoms with E-state index in [0.29, 0.717) is 30.0 Å². The molecule has 0 radical (unpaired) electrons. The highest BCUT2D eigenvalue weighted by atomic mass is 32.2. The average Bonchev–Trinajstić information content (AvgIpc) is 2.65. The highest BCUT2D eigenvalue weighted by Gasteiger charge is 2.15. The van der Waals surface area contributed by atoms with Gasteiger partial charge >= 0.3 is 0 Å². The van der Waals surface area contributed by atoms with Gasteiger partial charge in [-0.05, 0) is 36.9 Å². The van der Waals surface area contributed by atoms with Gasteiger partial charge in [0.25, 0.3) is 11.8 Å². The van der Waals surface area contributed by atoms with Gasteiger partial charge in [-0.15, -0.1) is 11.8 Å². The molecule has 0 heterocycles. The Kier molecular flexibility index (Phi) is 7.50. The van der Waals surface area contributed by atoms with Gasteiger partial charge in [0, 0.05) is 25.2 Å². The average molecular weight is 358 g/mol. The van der Waals surface area contributed by atoms with Crippen LogP contribution in [0.3, 0.4) is 0 Å². The number of methoxy groups -OCH3 is 1. The molecule has 5 nitrogen and oxygen atoms in total. The molecule has 0 atom stereocenters. The quantitative estimate of drug-likeness (QED) is 0.560. The molecule has 0 aliphatic heterocycles. The molecule has 0 fully saturated rings. The molecule has 2 aromatic carbocycles. The predicted octanol–water partition coefficient (Wildman–Crippen LogP) is 3.43. The second-order valence-corrected chi connectivity index (χ2v) is 6.15. The third kappa shape index (κ3) is 5.34. The highest BCUT2D eigenvalue weighted by molar-refractivity contribution is 7.98. The lowest BCUT2D eigenvalue weighted by Crippen LogP contribution is -2.26. The zero-order valence-electron chi connectivity index (χ0n) is 14.4. The summed E-state index contributed by atoms with van der Waals surface area (Å²) < 4.78 is 4.97. The maximum Gasteiger partial charge on any atom is 0.256 e. The zero-order valence-corrected chi connectivity index (χ0v) is 15.2. The molecule has 0 spiro atoms. The van der Waals surface area contributed by atoms with E-state index in [1.165, 1.54) is 11.8 Å². The summed E-state index contributed by atoms with van der Waals surface area (Å²) in [7, 11) is 1.62. The van der Waals surface area contributed by atoms with Crippen LogP contribution in [0.4, 0.5) is 5.69 Å². The summed E-state index contributed by atoms with van der Waals surface area (Å²) in [5.74, 6) is -0.449. The molecule has 0 aliphatic carbocycles. The first-order valence-corrected chi connectivity index (χ1v) is 9.20. The van der Waals surface area contributed by atoms with Crippen molar-refractivity contribution in [2.45, 2.75) is 11.3 Å². The first kappa shape index (κ1) is 19.0. The number of hydrogen-bond acceptors (Lipinski definition) is 4. The normalized spacial score (nSPS) is 10.3. The van der Waals surface area contributed by atoms with Crippen LogP contribution in [0.15, 0.2) is 53.4 Å².